The number of imidazole rings is 1. The molecule has 0 amide bonds. The second-order valence-electron chi connectivity index (χ2n) is 5.57. The molecule has 0 radical (unpaired) electrons. The molecule has 0 bridgehead atoms. The summed E-state index contributed by atoms with van der Waals surface area (Å²) in [4.78, 5) is 13.6. The molecule has 0 aliphatic heterocycles. The number of aromatic nitrogens is 3. The van der Waals surface area contributed by atoms with E-state index in [0.29, 0.717) is 11.3 Å². The highest BCUT2D eigenvalue weighted by atomic mass is 32.2. The van der Waals surface area contributed by atoms with E-state index in [1.807, 2.05) is 54.8 Å². The van der Waals surface area contributed by atoms with Crippen LogP contribution >= 0.6 is 23.1 Å². The molecule has 0 atom stereocenters. The fraction of sp³-hybridized carbons (Fsp3) is 0.105. The molecule has 0 unspecified atom stereocenters. The number of hydrogen-bond donors (Lipinski definition) is 1. The normalized spacial score (nSPS) is 10.9. The number of aromatic amines is 1. The maximum Gasteiger partial charge on any atom is 0.117 e. The van der Waals surface area contributed by atoms with Crippen LogP contribution in [0.5, 0.6) is 0 Å². The highest BCUT2D eigenvalue weighted by Gasteiger charge is 2.15. The average Bonchev–Trinajstić information content (AvgIpc) is 3.28. The van der Waals surface area contributed by atoms with Gasteiger partial charge in [-0.05, 0) is 36.6 Å². The first-order valence-electron chi connectivity index (χ1n) is 7.76. The van der Waals surface area contributed by atoms with Crippen LogP contribution < -0.4 is 0 Å². The molecule has 0 saturated heterocycles. The Bertz CT molecular complexity index is 1040. The quantitative estimate of drug-likeness (QED) is 0.509. The molecule has 25 heavy (non-hydrogen) atoms. The van der Waals surface area contributed by atoms with Gasteiger partial charge in [0.05, 0.1) is 22.3 Å². The van der Waals surface area contributed by atoms with Gasteiger partial charge >= 0.3 is 0 Å². The van der Waals surface area contributed by atoms with Crippen molar-refractivity contribution in [1.82, 2.24) is 15.0 Å². The van der Waals surface area contributed by atoms with Crippen molar-refractivity contribution in [1.29, 1.82) is 5.26 Å². The Hall–Kier alpha value is -2.62. The molecule has 0 fully saturated rings. The predicted molar refractivity (Wildman–Crippen MR) is 103 cm³/mol. The maximum absolute atomic E-state index is 9.68. The summed E-state index contributed by atoms with van der Waals surface area (Å²) >= 11 is 3.18. The molecule has 0 saturated carbocycles. The number of nitrogens with zero attached hydrogens (tertiary/aromatic N) is 3. The third-order valence-corrected chi connectivity index (χ3v) is 5.69. The van der Waals surface area contributed by atoms with Crippen molar-refractivity contribution in [3.05, 3.63) is 64.9 Å². The van der Waals surface area contributed by atoms with Crippen LogP contribution in [0.15, 0.2) is 52.9 Å². The van der Waals surface area contributed by atoms with Gasteiger partial charge in [-0.15, -0.1) is 11.3 Å². The van der Waals surface area contributed by atoms with Gasteiger partial charge in [-0.1, -0.05) is 30.0 Å². The fourth-order valence-corrected chi connectivity index (χ4v) is 4.36. The Balaban J connectivity index is 1.67. The zero-order chi connectivity index (χ0) is 17.2. The van der Waals surface area contributed by atoms with Gasteiger partial charge in [0, 0.05) is 16.1 Å². The number of hydrogen-bond acceptors (Lipinski definition) is 5. The maximum atomic E-state index is 9.68. The summed E-state index contributed by atoms with van der Waals surface area (Å²) in [5, 5.41) is 12.5. The van der Waals surface area contributed by atoms with Crippen LogP contribution in [0.3, 0.4) is 0 Å². The molecule has 0 aliphatic rings. The van der Waals surface area contributed by atoms with Crippen LogP contribution in [0, 0.1) is 18.3 Å². The summed E-state index contributed by atoms with van der Waals surface area (Å²) in [7, 11) is 0. The van der Waals surface area contributed by atoms with Gasteiger partial charge in [0.1, 0.15) is 16.9 Å². The first-order valence-corrected chi connectivity index (χ1v) is 9.63. The number of para-hydroxylation sites is 2. The molecule has 4 nitrogen and oxygen atoms in total. The first kappa shape index (κ1) is 15.9. The van der Waals surface area contributed by atoms with Crippen molar-refractivity contribution in [2.75, 3.05) is 0 Å². The van der Waals surface area contributed by atoms with E-state index >= 15 is 0 Å². The zero-order valence-corrected chi connectivity index (χ0v) is 15.1. The van der Waals surface area contributed by atoms with Crippen molar-refractivity contribution < 1.29 is 0 Å². The summed E-state index contributed by atoms with van der Waals surface area (Å²) in [6.07, 6.45) is 0. The predicted octanol–water partition coefficient (Wildman–Crippen LogP) is 5.16. The number of thioether (sulfide) groups is 1. The van der Waals surface area contributed by atoms with Crippen molar-refractivity contribution in [3.8, 4) is 16.5 Å². The third kappa shape index (κ3) is 3.16. The number of aryl methyl sites for hydroxylation is 1. The van der Waals surface area contributed by atoms with E-state index in [9.17, 15) is 5.26 Å². The number of rotatable bonds is 4. The summed E-state index contributed by atoms with van der Waals surface area (Å²) in [6, 6.07) is 16.3. The Morgan fingerprint density at radius 3 is 2.84 bits per heavy atom. The minimum Gasteiger partial charge on any atom is -0.341 e. The van der Waals surface area contributed by atoms with Crippen LogP contribution in [0.1, 0.15) is 17.1 Å². The third-order valence-electron chi connectivity index (χ3n) is 3.80. The Morgan fingerprint density at radius 1 is 1.20 bits per heavy atom. The van der Waals surface area contributed by atoms with E-state index in [4.69, 9.17) is 0 Å². The Labute approximate surface area is 153 Å². The minimum atomic E-state index is 0.633. The summed E-state index contributed by atoms with van der Waals surface area (Å²) in [5.41, 5.74) is 4.48. The molecule has 0 aliphatic carbocycles. The summed E-state index contributed by atoms with van der Waals surface area (Å²) in [6.45, 7) is 1.96. The molecule has 4 rings (SSSR count). The van der Waals surface area contributed by atoms with Crippen molar-refractivity contribution in [2.24, 2.45) is 0 Å². The molecular weight excluding hydrogens is 348 g/mol. The van der Waals surface area contributed by atoms with E-state index in [0.717, 1.165) is 38.0 Å². The average molecular weight is 362 g/mol. The standard InChI is InChI=1S/C19H14N4S2/c1-12-9-13(17-7-4-8-24-17)14(10-20)19(21-12)25-11-18-22-15-5-2-3-6-16(15)23-18/h2-9H,11H2,1H3,(H,22,23). The van der Waals surface area contributed by atoms with Crippen LogP contribution in [0.25, 0.3) is 21.5 Å². The summed E-state index contributed by atoms with van der Waals surface area (Å²) < 4.78 is 0. The minimum absolute atomic E-state index is 0.633. The lowest BCUT2D eigenvalue weighted by Crippen LogP contribution is -1.95. The fourth-order valence-electron chi connectivity index (χ4n) is 2.69. The van der Waals surface area contributed by atoms with E-state index < -0.39 is 0 Å². The van der Waals surface area contributed by atoms with Crippen LogP contribution in [0.2, 0.25) is 0 Å². The van der Waals surface area contributed by atoms with Gasteiger partial charge in [0.25, 0.3) is 0 Å². The highest BCUT2D eigenvalue weighted by Crippen LogP contribution is 2.34. The lowest BCUT2D eigenvalue weighted by Gasteiger charge is -2.08. The largest absolute Gasteiger partial charge is 0.341 e. The smallest absolute Gasteiger partial charge is 0.117 e. The lowest BCUT2D eigenvalue weighted by atomic mass is 10.1. The SMILES string of the molecule is Cc1cc(-c2cccs2)c(C#N)c(SCc2nc3ccccc3[nH]2)n1. The van der Waals surface area contributed by atoms with Gasteiger partial charge in [-0.2, -0.15) is 5.26 Å². The molecule has 3 heterocycles. The van der Waals surface area contributed by atoms with Gasteiger partial charge < -0.3 is 4.98 Å². The second-order valence-corrected chi connectivity index (χ2v) is 7.48. The second kappa shape index (κ2) is 6.71. The Morgan fingerprint density at radius 2 is 2.08 bits per heavy atom. The van der Waals surface area contributed by atoms with Crippen molar-refractivity contribution in [2.45, 2.75) is 17.7 Å². The van der Waals surface area contributed by atoms with E-state index in [1.54, 1.807) is 23.1 Å². The van der Waals surface area contributed by atoms with Gasteiger partial charge in [0.15, 0.2) is 0 Å². The summed E-state index contributed by atoms with van der Waals surface area (Å²) in [5.74, 6) is 1.53. The first-order chi connectivity index (χ1) is 12.2. The molecule has 0 spiro atoms. The van der Waals surface area contributed by atoms with E-state index in [1.165, 1.54) is 0 Å². The number of pyridine rings is 1. The van der Waals surface area contributed by atoms with E-state index in [-0.39, 0.29) is 0 Å². The zero-order valence-electron chi connectivity index (χ0n) is 13.5. The highest BCUT2D eigenvalue weighted by molar-refractivity contribution is 7.98. The molecule has 3 aromatic heterocycles. The van der Waals surface area contributed by atoms with Gasteiger partial charge in [-0.25, -0.2) is 9.97 Å². The van der Waals surface area contributed by atoms with Gasteiger partial charge in [0.2, 0.25) is 0 Å². The molecule has 1 aromatic carbocycles. The lowest BCUT2D eigenvalue weighted by molar-refractivity contribution is 1.04. The number of H-pyrrole nitrogens is 1. The number of fused-ring (bicyclic) bond motifs is 1. The molecule has 122 valence electrons. The van der Waals surface area contributed by atoms with Crippen molar-refractivity contribution in [3.63, 3.8) is 0 Å². The van der Waals surface area contributed by atoms with Crippen LogP contribution in [-0.2, 0) is 5.75 Å². The Kier molecular flexibility index (Phi) is 4.26. The number of thiophene rings is 1. The van der Waals surface area contributed by atoms with Gasteiger partial charge in [-0.3, -0.25) is 0 Å². The van der Waals surface area contributed by atoms with Crippen molar-refractivity contribution >= 4 is 34.1 Å². The monoisotopic (exact) mass is 362 g/mol. The van der Waals surface area contributed by atoms with Crippen LogP contribution in [0.4, 0.5) is 0 Å². The molecule has 4 aromatic rings. The molecule has 1 N–H and O–H groups in total. The number of benzene rings is 1. The van der Waals surface area contributed by atoms with Crippen LogP contribution in [-0.4, -0.2) is 15.0 Å². The number of nitrogens with one attached hydrogen (secondary N) is 1. The molecule has 6 heteroatoms. The van der Waals surface area contributed by atoms with E-state index in [2.05, 4.69) is 21.0 Å². The number of nitriles is 1. The topological polar surface area (TPSA) is 65.4 Å². The molecular formula is C19H14N4S2.